The second kappa shape index (κ2) is 8.12. The lowest BCUT2D eigenvalue weighted by Crippen LogP contribution is -2.27. The van der Waals surface area contributed by atoms with E-state index in [0.29, 0.717) is 11.4 Å². The average Bonchev–Trinajstić information content (AvgIpc) is 3.10. The molecule has 5 nitrogen and oxygen atoms in total. The molecule has 0 aliphatic carbocycles. The lowest BCUT2D eigenvalue weighted by atomic mass is 10.1. The lowest BCUT2D eigenvalue weighted by molar-refractivity contribution is -0.115. The number of rotatable bonds is 5. The molecule has 154 valence electrons. The van der Waals surface area contributed by atoms with Crippen LogP contribution in [0.25, 0.3) is 0 Å². The number of carbonyl (C=O) groups excluding carboxylic acids is 1. The molecular weight excluding hydrogens is 423 g/mol. The van der Waals surface area contributed by atoms with E-state index in [1.165, 1.54) is 23.9 Å². The molecule has 3 aromatic carbocycles. The summed E-state index contributed by atoms with van der Waals surface area (Å²) in [7, 11) is -3.82. The molecule has 0 unspecified atom stereocenters. The van der Waals surface area contributed by atoms with Crippen LogP contribution in [0.5, 0.6) is 0 Å². The molecule has 1 saturated heterocycles. The van der Waals surface area contributed by atoms with Crippen LogP contribution in [-0.4, -0.2) is 20.1 Å². The molecule has 1 fully saturated rings. The van der Waals surface area contributed by atoms with Crippen molar-refractivity contribution in [3.8, 4) is 0 Å². The number of sulfonamides is 1. The van der Waals surface area contributed by atoms with E-state index in [1.54, 1.807) is 17.0 Å². The van der Waals surface area contributed by atoms with Crippen LogP contribution in [0.4, 0.5) is 15.8 Å². The number of thioether (sulfide) groups is 1. The first-order chi connectivity index (χ1) is 14.3. The highest BCUT2D eigenvalue weighted by molar-refractivity contribution is 8.00. The van der Waals surface area contributed by atoms with Gasteiger partial charge in [-0.15, -0.1) is 11.8 Å². The van der Waals surface area contributed by atoms with E-state index < -0.39 is 15.8 Å². The van der Waals surface area contributed by atoms with Gasteiger partial charge in [0, 0.05) is 11.4 Å². The third-order valence-electron chi connectivity index (χ3n) is 4.72. The van der Waals surface area contributed by atoms with Crippen LogP contribution in [0.1, 0.15) is 16.5 Å². The van der Waals surface area contributed by atoms with Gasteiger partial charge in [0.25, 0.3) is 10.0 Å². The maximum Gasteiger partial charge on any atom is 0.261 e. The van der Waals surface area contributed by atoms with Crippen LogP contribution in [-0.2, 0) is 14.8 Å². The summed E-state index contributed by atoms with van der Waals surface area (Å²) in [5, 5.41) is -0.179. The SMILES string of the molecule is Cc1cccc(N2C(=O)CS[C@H]2c2ccc(NS(=O)(=O)c3ccc(F)cc3)cc2)c1. The van der Waals surface area contributed by atoms with Gasteiger partial charge in [-0.1, -0.05) is 24.3 Å². The molecule has 1 heterocycles. The molecule has 0 saturated carbocycles. The second-order valence-corrected chi connectivity index (χ2v) is 9.70. The van der Waals surface area contributed by atoms with Crippen molar-refractivity contribution in [1.29, 1.82) is 0 Å². The summed E-state index contributed by atoms with van der Waals surface area (Å²) in [5.74, 6) is -0.0749. The Morgan fingerprint density at radius 1 is 1.03 bits per heavy atom. The van der Waals surface area contributed by atoms with Gasteiger partial charge in [0.15, 0.2) is 0 Å². The Bertz CT molecular complexity index is 1180. The van der Waals surface area contributed by atoms with Crippen molar-refractivity contribution in [2.45, 2.75) is 17.2 Å². The quantitative estimate of drug-likeness (QED) is 0.621. The zero-order valence-electron chi connectivity index (χ0n) is 16.1. The molecule has 0 spiro atoms. The average molecular weight is 443 g/mol. The summed E-state index contributed by atoms with van der Waals surface area (Å²) in [6.45, 7) is 1.98. The molecule has 1 aliphatic heterocycles. The molecule has 0 aromatic heterocycles. The minimum Gasteiger partial charge on any atom is -0.295 e. The fourth-order valence-electron chi connectivity index (χ4n) is 3.27. The van der Waals surface area contributed by atoms with Crippen molar-refractivity contribution in [3.63, 3.8) is 0 Å². The molecule has 1 amide bonds. The van der Waals surface area contributed by atoms with Gasteiger partial charge in [-0.3, -0.25) is 14.4 Å². The highest BCUT2D eigenvalue weighted by Crippen LogP contribution is 2.42. The van der Waals surface area contributed by atoms with Gasteiger partial charge in [-0.25, -0.2) is 12.8 Å². The van der Waals surface area contributed by atoms with Crippen LogP contribution in [0.15, 0.2) is 77.7 Å². The molecule has 4 rings (SSSR count). The maximum atomic E-state index is 13.1. The van der Waals surface area contributed by atoms with Gasteiger partial charge in [0.1, 0.15) is 11.2 Å². The Labute approximate surface area is 179 Å². The van der Waals surface area contributed by atoms with Crippen LogP contribution < -0.4 is 9.62 Å². The number of nitrogens with zero attached hydrogens (tertiary/aromatic N) is 1. The summed E-state index contributed by atoms with van der Waals surface area (Å²) in [5.41, 5.74) is 3.20. The number of aryl methyl sites for hydroxylation is 1. The maximum absolute atomic E-state index is 13.1. The number of amides is 1. The molecule has 0 radical (unpaired) electrons. The highest BCUT2D eigenvalue weighted by Gasteiger charge is 2.34. The second-order valence-electron chi connectivity index (χ2n) is 6.95. The predicted octanol–water partition coefficient (Wildman–Crippen LogP) is 4.71. The predicted molar refractivity (Wildman–Crippen MR) is 118 cm³/mol. The van der Waals surface area contributed by atoms with Crippen molar-refractivity contribution in [1.82, 2.24) is 0 Å². The summed E-state index contributed by atoms with van der Waals surface area (Å²) >= 11 is 1.53. The first-order valence-corrected chi connectivity index (χ1v) is 11.8. The zero-order chi connectivity index (χ0) is 21.3. The number of hydrogen-bond donors (Lipinski definition) is 1. The summed E-state index contributed by atoms with van der Waals surface area (Å²) < 4.78 is 40.5. The third kappa shape index (κ3) is 4.20. The van der Waals surface area contributed by atoms with Gasteiger partial charge in [-0.05, 0) is 66.6 Å². The van der Waals surface area contributed by atoms with Crippen LogP contribution >= 0.6 is 11.8 Å². The van der Waals surface area contributed by atoms with E-state index in [9.17, 15) is 17.6 Å². The van der Waals surface area contributed by atoms with Crippen LogP contribution in [0.2, 0.25) is 0 Å². The number of nitrogens with one attached hydrogen (secondary N) is 1. The number of carbonyl (C=O) groups is 1. The van der Waals surface area contributed by atoms with Gasteiger partial charge in [0.2, 0.25) is 5.91 Å². The molecule has 0 bridgehead atoms. The minimum absolute atomic E-state index is 0.0180. The number of hydrogen-bond acceptors (Lipinski definition) is 4. The Morgan fingerprint density at radius 3 is 2.40 bits per heavy atom. The lowest BCUT2D eigenvalue weighted by Gasteiger charge is -2.25. The third-order valence-corrected chi connectivity index (χ3v) is 7.33. The van der Waals surface area contributed by atoms with Gasteiger partial charge >= 0.3 is 0 Å². The van der Waals surface area contributed by atoms with Gasteiger partial charge in [-0.2, -0.15) is 0 Å². The molecular formula is C22H19FN2O3S2. The Morgan fingerprint density at radius 2 is 1.73 bits per heavy atom. The van der Waals surface area contributed by atoms with E-state index in [2.05, 4.69) is 4.72 Å². The van der Waals surface area contributed by atoms with E-state index in [4.69, 9.17) is 0 Å². The van der Waals surface area contributed by atoms with Gasteiger partial charge < -0.3 is 0 Å². The Balaban J connectivity index is 1.55. The summed E-state index contributed by atoms with van der Waals surface area (Å²) in [6.07, 6.45) is 0. The Kier molecular flexibility index (Phi) is 5.53. The van der Waals surface area contributed by atoms with Crippen LogP contribution in [0, 0.1) is 12.7 Å². The smallest absolute Gasteiger partial charge is 0.261 e. The van der Waals surface area contributed by atoms with Crippen molar-refractivity contribution >= 4 is 39.1 Å². The fourth-order valence-corrected chi connectivity index (χ4v) is 5.51. The van der Waals surface area contributed by atoms with E-state index in [0.717, 1.165) is 28.9 Å². The van der Waals surface area contributed by atoms with Crippen molar-refractivity contribution < 1.29 is 17.6 Å². The minimum atomic E-state index is -3.82. The van der Waals surface area contributed by atoms with E-state index >= 15 is 0 Å². The van der Waals surface area contributed by atoms with E-state index in [1.807, 2.05) is 43.3 Å². The summed E-state index contributed by atoms with van der Waals surface area (Å²) in [4.78, 5) is 14.2. The van der Waals surface area contributed by atoms with Crippen molar-refractivity contribution in [2.24, 2.45) is 0 Å². The molecule has 3 aromatic rings. The van der Waals surface area contributed by atoms with Crippen molar-refractivity contribution in [3.05, 3.63) is 89.7 Å². The number of benzene rings is 3. The van der Waals surface area contributed by atoms with E-state index in [-0.39, 0.29) is 16.2 Å². The standard InChI is InChI=1S/C22H19FN2O3S2/c1-15-3-2-4-19(13-15)25-21(26)14-29-22(25)16-5-9-18(10-6-16)24-30(27,28)20-11-7-17(23)8-12-20/h2-13,22,24H,14H2,1H3/t22-/m0/s1. The largest absolute Gasteiger partial charge is 0.295 e. The Hall–Kier alpha value is -2.84. The van der Waals surface area contributed by atoms with Crippen molar-refractivity contribution in [2.75, 3.05) is 15.4 Å². The normalized spacial score (nSPS) is 16.7. The summed E-state index contributed by atoms with van der Waals surface area (Å²) in [6, 6.07) is 19.4. The fraction of sp³-hybridized carbons (Fsp3) is 0.136. The van der Waals surface area contributed by atoms with Gasteiger partial charge in [0.05, 0.1) is 10.6 Å². The first-order valence-electron chi connectivity index (χ1n) is 9.22. The topological polar surface area (TPSA) is 66.5 Å². The highest BCUT2D eigenvalue weighted by atomic mass is 32.2. The molecule has 1 N–H and O–H groups in total. The van der Waals surface area contributed by atoms with Crippen LogP contribution in [0.3, 0.4) is 0 Å². The molecule has 8 heteroatoms. The first kappa shape index (κ1) is 20.4. The number of halogens is 1. The monoisotopic (exact) mass is 442 g/mol. The molecule has 1 atom stereocenters. The number of anilines is 2. The molecule has 1 aliphatic rings. The zero-order valence-corrected chi connectivity index (χ0v) is 17.7. The molecule has 30 heavy (non-hydrogen) atoms.